The minimum Gasteiger partial charge on any atom is -0.492 e. The van der Waals surface area contributed by atoms with Crippen LogP contribution in [0.25, 0.3) is 16.4 Å². The quantitative estimate of drug-likeness (QED) is 0.406. The molecule has 0 aliphatic rings. The Labute approximate surface area is 193 Å². The van der Waals surface area contributed by atoms with Crippen LogP contribution in [0.1, 0.15) is 18.2 Å². The monoisotopic (exact) mass is 468 g/mol. The Kier molecular flexibility index (Phi) is 6.43. The number of nitrogens with one attached hydrogen (secondary N) is 2. The van der Waals surface area contributed by atoms with Crippen LogP contribution in [0, 0.1) is 6.92 Å². The molecule has 4 aromatic rings. The van der Waals surface area contributed by atoms with Crippen LogP contribution in [0.3, 0.4) is 0 Å². The molecular weight excluding hydrogens is 448 g/mol. The first kappa shape index (κ1) is 21.9. The normalized spacial score (nSPS) is 10.8. The summed E-state index contributed by atoms with van der Waals surface area (Å²) in [6.07, 6.45) is -0.0654. The Hall–Kier alpha value is -3.36. The number of nitrogens with zero attached hydrogens (tertiary/aromatic N) is 2. The van der Waals surface area contributed by atoms with Crippen molar-refractivity contribution in [2.45, 2.75) is 20.3 Å². The fraction of sp³-hybridized carbons (Fsp3) is 0.174. The third-order valence-corrected chi connectivity index (χ3v) is 5.89. The SMILES string of the molecule is CCOc1ccccc1NC(=O)Cc1c(C)[nH]n(-c2nc(-c3ccc(Cl)cc3)cs2)c1=O. The molecule has 1 amide bonds. The molecule has 0 saturated heterocycles. The van der Waals surface area contributed by atoms with Crippen LogP contribution >= 0.6 is 22.9 Å². The van der Waals surface area contributed by atoms with Crippen molar-refractivity contribution in [1.29, 1.82) is 0 Å². The molecule has 0 fully saturated rings. The van der Waals surface area contributed by atoms with E-state index in [4.69, 9.17) is 16.3 Å². The second kappa shape index (κ2) is 9.42. The van der Waals surface area contributed by atoms with Crippen LogP contribution in [0.4, 0.5) is 5.69 Å². The summed E-state index contributed by atoms with van der Waals surface area (Å²) >= 11 is 7.29. The molecule has 2 aromatic heterocycles. The Morgan fingerprint density at radius 1 is 1.22 bits per heavy atom. The molecule has 0 unspecified atom stereocenters. The number of halogens is 1. The van der Waals surface area contributed by atoms with Crippen molar-refractivity contribution in [3.05, 3.63) is 80.5 Å². The highest BCUT2D eigenvalue weighted by molar-refractivity contribution is 7.12. The molecule has 0 spiro atoms. The number of H-pyrrole nitrogens is 1. The zero-order valence-corrected chi connectivity index (χ0v) is 19.1. The fourth-order valence-corrected chi connectivity index (χ4v) is 4.17. The number of aryl methyl sites for hydroxylation is 1. The summed E-state index contributed by atoms with van der Waals surface area (Å²) in [7, 11) is 0. The fourth-order valence-electron chi connectivity index (χ4n) is 3.25. The lowest BCUT2D eigenvalue weighted by Gasteiger charge is -2.10. The van der Waals surface area contributed by atoms with Crippen LogP contribution in [0.2, 0.25) is 5.02 Å². The molecule has 0 aliphatic carbocycles. The molecule has 32 heavy (non-hydrogen) atoms. The summed E-state index contributed by atoms with van der Waals surface area (Å²) in [5.74, 6) is 0.286. The highest BCUT2D eigenvalue weighted by atomic mass is 35.5. The second-order valence-electron chi connectivity index (χ2n) is 7.03. The van der Waals surface area contributed by atoms with E-state index in [1.54, 1.807) is 31.2 Å². The van der Waals surface area contributed by atoms with Gasteiger partial charge in [-0.1, -0.05) is 35.9 Å². The molecule has 0 aliphatic heterocycles. The molecule has 2 aromatic carbocycles. The number of aromatic amines is 1. The lowest BCUT2D eigenvalue weighted by atomic mass is 10.2. The van der Waals surface area contributed by atoms with Gasteiger partial charge in [-0.25, -0.2) is 4.98 Å². The summed E-state index contributed by atoms with van der Waals surface area (Å²) in [6.45, 7) is 4.13. The number of hydrogen-bond donors (Lipinski definition) is 2. The molecule has 0 atom stereocenters. The molecule has 2 heterocycles. The summed E-state index contributed by atoms with van der Waals surface area (Å²) in [4.78, 5) is 30.2. The van der Waals surface area contributed by atoms with Crippen molar-refractivity contribution in [2.24, 2.45) is 0 Å². The molecule has 0 bridgehead atoms. The number of ether oxygens (including phenoxy) is 1. The van der Waals surface area contributed by atoms with E-state index in [2.05, 4.69) is 15.4 Å². The predicted octanol–water partition coefficient (Wildman–Crippen LogP) is 4.83. The number of para-hydroxylation sites is 2. The average molecular weight is 469 g/mol. The van der Waals surface area contributed by atoms with Crippen molar-refractivity contribution >= 4 is 34.5 Å². The van der Waals surface area contributed by atoms with E-state index in [0.29, 0.717) is 39.5 Å². The first-order valence-electron chi connectivity index (χ1n) is 10.00. The molecule has 164 valence electrons. The summed E-state index contributed by atoms with van der Waals surface area (Å²) in [5.41, 5.74) is 2.92. The molecular formula is C23H21ClN4O3S. The molecule has 7 nitrogen and oxygen atoms in total. The summed E-state index contributed by atoms with van der Waals surface area (Å²) in [5, 5.41) is 8.87. The van der Waals surface area contributed by atoms with Crippen LogP contribution < -0.4 is 15.6 Å². The molecule has 0 saturated carbocycles. The second-order valence-corrected chi connectivity index (χ2v) is 8.31. The van der Waals surface area contributed by atoms with Crippen LogP contribution in [0.15, 0.2) is 58.7 Å². The zero-order valence-electron chi connectivity index (χ0n) is 17.5. The maximum Gasteiger partial charge on any atom is 0.277 e. The van der Waals surface area contributed by atoms with E-state index in [1.807, 2.05) is 36.6 Å². The van der Waals surface area contributed by atoms with E-state index >= 15 is 0 Å². The van der Waals surface area contributed by atoms with Gasteiger partial charge in [-0.05, 0) is 38.1 Å². The first-order valence-corrected chi connectivity index (χ1v) is 11.3. The highest BCUT2D eigenvalue weighted by Gasteiger charge is 2.18. The smallest absolute Gasteiger partial charge is 0.277 e. The van der Waals surface area contributed by atoms with E-state index in [-0.39, 0.29) is 17.9 Å². The van der Waals surface area contributed by atoms with E-state index in [1.165, 1.54) is 16.0 Å². The lowest BCUT2D eigenvalue weighted by molar-refractivity contribution is -0.115. The number of benzene rings is 2. The topological polar surface area (TPSA) is 89.0 Å². The van der Waals surface area contributed by atoms with Gasteiger partial charge in [0.25, 0.3) is 5.56 Å². The van der Waals surface area contributed by atoms with Crippen LogP contribution in [-0.2, 0) is 11.2 Å². The van der Waals surface area contributed by atoms with Gasteiger partial charge in [0.15, 0.2) is 0 Å². The minimum atomic E-state index is -0.301. The maximum atomic E-state index is 13.0. The number of rotatable bonds is 7. The van der Waals surface area contributed by atoms with E-state index in [0.717, 1.165) is 11.3 Å². The number of amides is 1. The summed E-state index contributed by atoms with van der Waals surface area (Å²) in [6, 6.07) is 14.5. The third-order valence-electron chi connectivity index (χ3n) is 4.82. The number of carbonyl (C=O) groups excluding carboxylic acids is 1. The van der Waals surface area contributed by atoms with E-state index in [9.17, 15) is 9.59 Å². The summed E-state index contributed by atoms with van der Waals surface area (Å²) < 4.78 is 6.91. The first-order chi connectivity index (χ1) is 15.5. The minimum absolute atomic E-state index is 0.0654. The van der Waals surface area contributed by atoms with Gasteiger partial charge >= 0.3 is 0 Å². The highest BCUT2D eigenvalue weighted by Crippen LogP contribution is 2.26. The Balaban J connectivity index is 1.54. The maximum absolute atomic E-state index is 13.0. The van der Waals surface area contributed by atoms with Crippen molar-refractivity contribution < 1.29 is 9.53 Å². The Bertz CT molecular complexity index is 1310. The van der Waals surface area contributed by atoms with Gasteiger partial charge in [-0.2, -0.15) is 4.68 Å². The van der Waals surface area contributed by atoms with Gasteiger partial charge in [-0.15, -0.1) is 11.3 Å². The van der Waals surface area contributed by atoms with Gasteiger partial charge in [-0.3, -0.25) is 14.7 Å². The van der Waals surface area contributed by atoms with E-state index < -0.39 is 0 Å². The van der Waals surface area contributed by atoms with Gasteiger partial charge in [0.05, 0.1) is 24.4 Å². The number of thiazole rings is 1. The predicted molar refractivity (Wildman–Crippen MR) is 127 cm³/mol. The van der Waals surface area contributed by atoms with Crippen LogP contribution in [0.5, 0.6) is 5.75 Å². The standard InChI is InChI=1S/C23H21ClN4O3S/c1-3-31-20-7-5-4-6-18(20)25-21(29)12-17-14(2)27-28(22(17)30)23-26-19(13-32-23)15-8-10-16(24)11-9-15/h4-11,13,27H,3,12H2,1-2H3,(H,25,29). The van der Waals surface area contributed by atoms with Gasteiger partial charge in [0, 0.05) is 27.2 Å². The van der Waals surface area contributed by atoms with Crippen LogP contribution in [-0.4, -0.2) is 27.3 Å². The molecule has 0 radical (unpaired) electrons. The number of aromatic nitrogens is 3. The van der Waals surface area contributed by atoms with Gasteiger partial charge in [0.1, 0.15) is 5.75 Å². The lowest BCUT2D eigenvalue weighted by Crippen LogP contribution is -2.22. The zero-order chi connectivity index (χ0) is 22.7. The average Bonchev–Trinajstić information content (AvgIpc) is 3.36. The Morgan fingerprint density at radius 3 is 2.72 bits per heavy atom. The number of carbonyl (C=O) groups is 1. The van der Waals surface area contributed by atoms with Gasteiger partial charge < -0.3 is 10.1 Å². The number of hydrogen-bond acceptors (Lipinski definition) is 5. The molecule has 2 N–H and O–H groups in total. The van der Waals surface area contributed by atoms with Crippen molar-refractivity contribution in [3.8, 4) is 22.1 Å². The molecule has 9 heteroatoms. The number of anilines is 1. The largest absolute Gasteiger partial charge is 0.492 e. The Morgan fingerprint density at radius 2 is 1.97 bits per heavy atom. The van der Waals surface area contributed by atoms with Crippen molar-refractivity contribution in [2.75, 3.05) is 11.9 Å². The van der Waals surface area contributed by atoms with Gasteiger partial charge in [0.2, 0.25) is 11.0 Å². The molecule has 4 rings (SSSR count). The third kappa shape index (κ3) is 4.61. The van der Waals surface area contributed by atoms with Crippen molar-refractivity contribution in [1.82, 2.24) is 14.8 Å². The van der Waals surface area contributed by atoms with Crippen molar-refractivity contribution in [3.63, 3.8) is 0 Å².